The molecule has 3 rings (SSSR count). The van der Waals surface area contributed by atoms with Crippen LogP contribution in [0.4, 0.5) is 0 Å². The van der Waals surface area contributed by atoms with Gasteiger partial charge in [-0.1, -0.05) is 37.3 Å². The lowest BCUT2D eigenvalue weighted by Gasteiger charge is -2.40. The zero-order valence-electron chi connectivity index (χ0n) is 15.9. The number of carbonyl (C=O) groups excluding carboxylic acids is 2. The first-order valence-corrected chi connectivity index (χ1v) is 9.37. The first-order valence-electron chi connectivity index (χ1n) is 9.37. The SMILES string of the molecule is CCC(=O)c1ccc(OCC(=O)N2CCN(C)CC2c2ccccc2)cc1. The Morgan fingerprint density at radius 1 is 1.04 bits per heavy atom. The second kappa shape index (κ2) is 8.82. The van der Waals surface area contributed by atoms with Gasteiger partial charge in [0.2, 0.25) is 0 Å². The maximum absolute atomic E-state index is 12.8. The molecule has 0 bridgehead atoms. The molecule has 0 radical (unpaired) electrons. The Bertz CT molecular complexity index is 774. The summed E-state index contributed by atoms with van der Waals surface area (Å²) in [6.45, 7) is 4.17. The molecule has 1 heterocycles. The number of carbonyl (C=O) groups is 2. The maximum Gasteiger partial charge on any atom is 0.261 e. The molecule has 27 heavy (non-hydrogen) atoms. The monoisotopic (exact) mass is 366 g/mol. The van der Waals surface area contributed by atoms with Crippen LogP contribution in [0.15, 0.2) is 54.6 Å². The van der Waals surface area contributed by atoms with Gasteiger partial charge in [-0.05, 0) is 36.9 Å². The predicted octanol–water partition coefficient (Wildman–Crippen LogP) is 3.17. The van der Waals surface area contributed by atoms with Gasteiger partial charge in [0.05, 0.1) is 6.04 Å². The molecule has 2 aromatic carbocycles. The van der Waals surface area contributed by atoms with Crippen LogP contribution in [0.5, 0.6) is 5.75 Å². The van der Waals surface area contributed by atoms with Gasteiger partial charge in [0.25, 0.3) is 5.91 Å². The van der Waals surface area contributed by atoms with Gasteiger partial charge in [-0.3, -0.25) is 9.59 Å². The minimum atomic E-state index is -0.0225. The fraction of sp³-hybridized carbons (Fsp3) is 0.364. The van der Waals surface area contributed by atoms with E-state index in [4.69, 9.17) is 4.74 Å². The number of ketones is 1. The van der Waals surface area contributed by atoms with Crippen molar-refractivity contribution < 1.29 is 14.3 Å². The van der Waals surface area contributed by atoms with Gasteiger partial charge in [-0.25, -0.2) is 0 Å². The van der Waals surface area contributed by atoms with Gasteiger partial charge in [0, 0.05) is 31.6 Å². The van der Waals surface area contributed by atoms with E-state index in [0.29, 0.717) is 24.3 Å². The van der Waals surface area contributed by atoms with Crippen LogP contribution in [-0.2, 0) is 4.79 Å². The van der Waals surface area contributed by atoms with Crippen molar-refractivity contribution in [1.82, 2.24) is 9.80 Å². The summed E-state index contributed by atoms with van der Waals surface area (Å²) in [5.41, 5.74) is 1.80. The molecular formula is C22H26N2O3. The standard InChI is InChI=1S/C22H26N2O3/c1-3-21(25)18-9-11-19(12-10-18)27-16-22(26)24-14-13-23(2)15-20(24)17-7-5-4-6-8-17/h4-12,20H,3,13-16H2,1-2H3. The number of Topliss-reactive ketones (excluding diaryl/α,β-unsaturated/α-hetero) is 1. The summed E-state index contributed by atoms with van der Waals surface area (Å²) < 4.78 is 5.68. The molecule has 1 unspecified atom stereocenters. The van der Waals surface area contributed by atoms with E-state index in [2.05, 4.69) is 24.1 Å². The Hall–Kier alpha value is -2.66. The maximum atomic E-state index is 12.8. The number of hydrogen-bond donors (Lipinski definition) is 0. The molecule has 1 amide bonds. The molecule has 1 fully saturated rings. The minimum Gasteiger partial charge on any atom is -0.484 e. The molecule has 1 saturated heterocycles. The number of piperazine rings is 1. The fourth-order valence-corrected chi connectivity index (χ4v) is 3.35. The van der Waals surface area contributed by atoms with Crippen molar-refractivity contribution in [2.24, 2.45) is 0 Å². The lowest BCUT2D eigenvalue weighted by atomic mass is 10.0. The summed E-state index contributed by atoms with van der Waals surface area (Å²) in [6.07, 6.45) is 0.475. The molecule has 2 aromatic rings. The highest BCUT2D eigenvalue weighted by molar-refractivity contribution is 5.95. The second-order valence-electron chi connectivity index (χ2n) is 6.87. The van der Waals surface area contributed by atoms with Crippen molar-refractivity contribution in [1.29, 1.82) is 0 Å². The average molecular weight is 366 g/mol. The van der Waals surface area contributed by atoms with Gasteiger partial charge >= 0.3 is 0 Å². The molecule has 0 N–H and O–H groups in total. The van der Waals surface area contributed by atoms with Crippen LogP contribution < -0.4 is 4.74 Å². The van der Waals surface area contributed by atoms with Crippen molar-refractivity contribution >= 4 is 11.7 Å². The average Bonchev–Trinajstić information content (AvgIpc) is 2.72. The molecule has 0 spiro atoms. The Balaban J connectivity index is 1.64. The van der Waals surface area contributed by atoms with Gasteiger partial charge in [-0.15, -0.1) is 0 Å². The molecule has 0 aromatic heterocycles. The Morgan fingerprint density at radius 2 is 1.74 bits per heavy atom. The molecule has 1 atom stereocenters. The number of rotatable bonds is 6. The summed E-state index contributed by atoms with van der Waals surface area (Å²) in [5, 5.41) is 0. The van der Waals surface area contributed by atoms with E-state index < -0.39 is 0 Å². The third-order valence-electron chi connectivity index (χ3n) is 4.95. The normalized spacial score (nSPS) is 17.6. The number of ether oxygens (including phenoxy) is 1. The number of nitrogens with zero attached hydrogens (tertiary/aromatic N) is 2. The molecule has 1 aliphatic heterocycles. The third kappa shape index (κ3) is 4.74. The zero-order chi connectivity index (χ0) is 19.2. The topological polar surface area (TPSA) is 49.9 Å². The van der Waals surface area contributed by atoms with E-state index in [1.54, 1.807) is 24.3 Å². The quantitative estimate of drug-likeness (QED) is 0.737. The van der Waals surface area contributed by atoms with E-state index >= 15 is 0 Å². The fourth-order valence-electron chi connectivity index (χ4n) is 3.35. The first kappa shape index (κ1) is 19.1. The van der Waals surface area contributed by atoms with E-state index in [1.807, 2.05) is 30.0 Å². The summed E-state index contributed by atoms with van der Waals surface area (Å²) in [7, 11) is 2.08. The summed E-state index contributed by atoms with van der Waals surface area (Å²) >= 11 is 0. The number of likely N-dealkylation sites (N-methyl/N-ethyl adjacent to an activating group) is 1. The largest absolute Gasteiger partial charge is 0.484 e. The Kier molecular flexibility index (Phi) is 6.24. The molecular weight excluding hydrogens is 340 g/mol. The highest BCUT2D eigenvalue weighted by atomic mass is 16.5. The van der Waals surface area contributed by atoms with Crippen LogP contribution in [0.2, 0.25) is 0 Å². The van der Waals surface area contributed by atoms with Crippen molar-refractivity contribution in [3.63, 3.8) is 0 Å². The number of amides is 1. The van der Waals surface area contributed by atoms with Crippen LogP contribution in [0.1, 0.15) is 35.3 Å². The van der Waals surface area contributed by atoms with Crippen LogP contribution in [0, 0.1) is 0 Å². The summed E-state index contributed by atoms with van der Waals surface area (Å²) in [5.74, 6) is 0.674. The van der Waals surface area contributed by atoms with Gasteiger partial charge in [0.15, 0.2) is 12.4 Å². The smallest absolute Gasteiger partial charge is 0.261 e. The predicted molar refractivity (Wildman–Crippen MR) is 105 cm³/mol. The van der Waals surface area contributed by atoms with E-state index in [9.17, 15) is 9.59 Å². The van der Waals surface area contributed by atoms with E-state index in [-0.39, 0.29) is 24.3 Å². The number of hydrogen-bond acceptors (Lipinski definition) is 4. The van der Waals surface area contributed by atoms with Crippen LogP contribution in [0.3, 0.4) is 0 Å². The third-order valence-corrected chi connectivity index (χ3v) is 4.95. The van der Waals surface area contributed by atoms with Crippen molar-refractivity contribution in [3.8, 4) is 5.75 Å². The lowest BCUT2D eigenvalue weighted by Crippen LogP contribution is -2.50. The Morgan fingerprint density at radius 3 is 2.41 bits per heavy atom. The second-order valence-corrected chi connectivity index (χ2v) is 6.87. The summed E-state index contributed by atoms with van der Waals surface area (Å²) in [4.78, 5) is 28.6. The van der Waals surface area contributed by atoms with Crippen LogP contribution >= 0.6 is 0 Å². The van der Waals surface area contributed by atoms with Gasteiger partial charge < -0.3 is 14.5 Å². The zero-order valence-corrected chi connectivity index (χ0v) is 15.9. The van der Waals surface area contributed by atoms with Crippen molar-refractivity contribution in [3.05, 3.63) is 65.7 Å². The molecule has 0 saturated carbocycles. The van der Waals surface area contributed by atoms with E-state index in [1.165, 1.54) is 0 Å². The van der Waals surface area contributed by atoms with Crippen molar-refractivity contribution in [2.75, 3.05) is 33.3 Å². The highest BCUT2D eigenvalue weighted by Gasteiger charge is 2.30. The van der Waals surface area contributed by atoms with Gasteiger partial charge in [0.1, 0.15) is 5.75 Å². The van der Waals surface area contributed by atoms with Crippen molar-refractivity contribution in [2.45, 2.75) is 19.4 Å². The molecule has 142 valence electrons. The summed E-state index contributed by atoms with van der Waals surface area (Å²) in [6, 6.07) is 17.1. The van der Waals surface area contributed by atoms with Crippen LogP contribution in [-0.4, -0.2) is 54.8 Å². The minimum absolute atomic E-state index is 0.00583. The van der Waals surface area contributed by atoms with Crippen LogP contribution in [0.25, 0.3) is 0 Å². The van der Waals surface area contributed by atoms with E-state index in [0.717, 1.165) is 18.7 Å². The highest BCUT2D eigenvalue weighted by Crippen LogP contribution is 2.25. The van der Waals surface area contributed by atoms with Gasteiger partial charge in [-0.2, -0.15) is 0 Å². The molecule has 0 aliphatic carbocycles. The first-order chi connectivity index (χ1) is 13.1. The lowest BCUT2D eigenvalue weighted by molar-refractivity contribution is -0.138. The number of benzene rings is 2. The molecule has 5 nitrogen and oxygen atoms in total. The molecule has 1 aliphatic rings. The molecule has 5 heteroatoms. The Labute approximate surface area is 160 Å².